The Morgan fingerprint density at radius 1 is 1.55 bits per heavy atom. The molecule has 0 heterocycles. The average Bonchev–Trinajstić information content (AvgIpc) is 1.82. The molecule has 7 heteroatoms. The van der Waals surface area contributed by atoms with Crippen LogP contribution >= 0.6 is 15.9 Å². The minimum Gasteiger partial charge on any atom is -0.549 e. The van der Waals surface area contributed by atoms with Gasteiger partial charge in [0.25, 0.3) is 0 Å². The number of carbonyl (C=O) groups is 1. The van der Waals surface area contributed by atoms with Crippen LogP contribution in [0.25, 0.3) is 0 Å². The molecule has 0 aromatic carbocycles. The molecule has 0 aliphatic carbocycles. The molecule has 0 aromatic rings. The van der Waals surface area contributed by atoms with E-state index in [4.69, 9.17) is 0 Å². The van der Waals surface area contributed by atoms with E-state index in [1.165, 1.54) is 0 Å². The number of halogens is 4. The Balaban J connectivity index is 4.25. The summed E-state index contributed by atoms with van der Waals surface area (Å²) >= 11 is 2.24. The maximum absolute atomic E-state index is 11.6. The van der Waals surface area contributed by atoms with Crippen LogP contribution in [0.1, 0.15) is 0 Å². The lowest BCUT2D eigenvalue weighted by Crippen LogP contribution is -2.51. The first-order valence-corrected chi connectivity index (χ1v) is 3.35. The summed E-state index contributed by atoms with van der Waals surface area (Å²) in [6, 6.07) is -2.44. The van der Waals surface area contributed by atoms with Gasteiger partial charge in [0.05, 0.1) is 10.8 Å². The van der Waals surface area contributed by atoms with E-state index in [9.17, 15) is 23.1 Å². The van der Waals surface area contributed by atoms with Crippen LogP contribution in [0.5, 0.6) is 0 Å². The summed E-state index contributed by atoms with van der Waals surface area (Å²) in [6.07, 6.45) is -4.73. The molecule has 0 aromatic heterocycles. The van der Waals surface area contributed by atoms with Crippen molar-refractivity contribution in [2.24, 2.45) is 5.73 Å². The fourth-order valence-corrected chi connectivity index (χ4v) is 0.612. The number of carboxylic acid groups (broad SMARTS) is 1. The monoisotopic (exact) mass is 234 g/mol. The van der Waals surface area contributed by atoms with Crippen molar-refractivity contribution in [3.8, 4) is 0 Å². The van der Waals surface area contributed by atoms with Gasteiger partial charge in [-0.2, -0.15) is 13.2 Å². The minimum absolute atomic E-state index is 1.88. The third kappa shape index (κ3) is 3.06. The highest BCUT2D eigenvalue weighted by Crippen LogP contribution is 2.23. The molecule has 0 aliphatic heterocycles. The van der Waals surface area contributed by atoms with E-state index in [2.05, 4.69) is 21.7 Å². The van der Waals surface area contributed by atoms with Crippen LogP contribution in [0, 0.1) is 0 Å². The van der Waals surface area contributed by atoms with Crippen molar-refractivity contribution in [3.05, 3.63) is 0 Å². The van der Waals surface area contributed by atoms with Gasteiger partial charge < -0.3 is 15.6 Å². The van der Waals surface area contributed by atoms with Crippen LogP contribution in [0.2, 0.25) is 0 Å². The zero-order valence-electron chi connectivity index (χ0n) is 5.06. The highest BCUT2D eigenvalue weighted by atomic mass is 79.9. The highest BCUT2D eigenvalue weighted by Gasteiger charge is 2.41. The highest BCUT2D eigenvalue weighted by molar-refractivity contribution is 9.10. The molecule has 0 bridgehead atoms. The molecular weight excluding hydrogens is 231 g/mol. The minimum atomic E-state index is -4.73. The quantitative estimate of drug-likeness (QED) is 0.649. The molecule has 0 spiro atoms. The van der Waals surface area contributed by atoms with Gasteiger partial charge in [0.2, 0.25) is 0 Å². The second-order valence-corrected chi connectivity index (χ2v) is 2.77. The first kappa shape index (κ1) is 10.7. The molecular formula is C4H4BrF3NO2-. The van der Waals surface area contributed by atoms with Crippen LogP contribution in [0.3, 0.4) is 0 Å². The second-order valence-electron chi connectivity index (χ2n) is 1.79. The number of carboxylic acids is 1. The van der Waals surface area contributed by atoms with Gasteiger partial charge in [0.1, 0.15) is 6.04 Å². The molecule has 0 unspecified atom stereocenters. The third-order valence-corrected chi connectivity index (χ3v) is 1.86. The first-order chi connectivity index (χ1) is 4.76. The third-order valence-electron chi connectivity index (χ3n) is 0.918. The van der Waals surface area contributed by atoms with Crippen molar-refractivity contribution in [2.75, 3.05) is 0 Å². The Labute approximate surface area is 68.5 Å². The fraction of sp³-hybridized carbons (Fsp3) is 0.750. The lowest BCUT2D eigenvalue weighted by atomic mass is 10.2. The van der Waals surface area contributed by atoms with Gasteiger partial charge in [-0.05, 0) is 0 Å². The van der Waals surface area contributed by atoms with Crippen molar-refractivity contribution < 1.29 is 23.1 Å². The van der Waals surface area contributed by atoms with Crippen LogP contribution in [-0.4, -0.2) is 23.0 Å². The van der Waals surface area contributed by atoms with Gasteiger partial charge in [-0.1, -0.05) is 15.9 Å². The lowest BCUT2D eigenvalue weighted by molar-refractivity contribution is -0.307. The van der Waals surface area contributed by atoms with Crippen molar-refractivity contribution in [1.82, 2.24) is 0 Å². The summed E-state index contributed by atoms with van der Waals surface area (Å²) in [6.45, 7) is 0. The molecule has 0 aliphatic rings. The maximum atomic E-state index is 11.6. The van der Waals surface area contributed by atoms with Gasteiger partial charge in [0, 0.05) is 0 Å². The number of alkyl halides is 4. The fourth-order valence-electron chi connectivity index (χ4n) is 0.313. The van der Waals surface area contributed by atoms with Gasteiger partial charge in [-0.15, -0.1) is 0 Å². The Morgan fingerprint density at radius 3 is 2.00 bits per heavy atom. The SMILES string of the molecule is N[C@H]([C@H](Br)C(=O)[O-])C(F)(F)F. The summed E-state index contributed by atoms with van der Waals surface area (Å²) in [5, 5.41) is 9.85. The van der Waals surface area contributed by atoms with E-state index in [0.717, 1.165) is 0 Å². The van der Waals surface area contributed by atoms with Crippen LogP contribution in [-0.2, 0) is 4.79 Å². The molecule has 2 N–H and O–H groups in total. The zero-order valence-corrected chi connectivity index (χ0v) is 6.65. The molecule has 0 rings (SSSR count). The number of hydrogen-bond donors (Lipinski definition) is 1. The summed E-state index contributed by atoms with van der Waals surface area (Å²) in [7, 11) is 0. The predicted octanol–water partition coefficient (Wildman–Crippen LogP) is -0.611. The van der Waals surface area contributed by atoms with E-state index in [1.54, 1.807) is 0 Å². The Hall–Kier alpha value is -0.300. The second kappa shape index (κ2) is 3.40. The molecule has 66 valence electrons. The largest absolute Gasteiger partial charge is 0.549 e. The molecule has 0 amide bonds. The van der Waals surface area contributed by atoms with E-state index < -0.39 is 23.0 Å². The number of aliphatic carboxylic acids is 1. The Kier molecular flexibility index (Phi) is 3.30. The first-order valence-electron chi connectivity index (χ1n) is 2.44. The number of carbonyl (C=O) groups excluding carboxylic acids is 1. The van der Waals surface area contributed by atoms with Crippen molar-refractivity contribution >= 4 is 21.9 Å². The summed E-state index contributed by atoms with van der Waals surface area (Å²) < 4.78 is 34.8. The number of hydrogen-bond acceptors (Lipinski definition) is 3. The van der Waals surface area contributed by atoms with Gasteiger partial charge >= 0.3 is 6.18 Å². The van der Waals surface area contributed by atoms with Crippen LogP contribution in [0.4, 0.5) is 13.2 Å². The standard InChI is InChI=1S/C4H5BrF3NO2/c5-1(3(10)11)2(9)4(6,7)8/h1-2H,9H2,(H,10,11)/p-1/t1-,2+/m0/s1. The lowest BCUT2D eigenvalue weighted by Gasteiger charge is -2.21. The predicted molar refractivity (Wildman–Crippen MR) is 31.8 cm³/mol. The molecule has 11 heavy (non-hydrogen) atoms. The van der Waals surface area contributed by atoms with Crippen molar-refractivity contribution in [2.45, 2.75) is 17.0 Å². The Morgan fingerprint density at radius 2 is 1.91 bits per heavy atom. The summed E-state index contributed by atoms with van der Waals surface area (Å²) in [5.41, 5.74) is 4.50. The summed E-state index contributed by atoms with van der Waals surface area (Å²) in [4.78, 5) is 7.95. The van der Waals surface area contributed by atoms with Gasteiger partial charge in [-0.25, -0.2) is 0 Å². The average molecular weight is 235 g/mol. The smallest absolute Gasteiger partial charge is 0.405 e. The number of rotatable bonds is 2. The van der Waals surface area contributed by atoms with Crippen molar-refractivity contribution in [1.29, 1.82) is 0 Å². The Bertz CT molecular complexity index is 160. The topological polar surface area (TPSA) is 66.2 Å². The van der Waals surface area contributed by atoms with E-state index in [-0.39, 0.29) is 0 Å². The number of nitrogens with two attached hydrogens (primary N) is 1. The molecule has 0 radical (unpaired) electrons. The normalized spacial score (nSPS) is 17.5. The van der Waals surface area contributed by atoms with Crippen molar-refractivity contribution in [3.63, 3.8) is 0 Å². The maximum Gasteiger partial charge on any atom is 0.405 e. The summed E-state index contributed by atoms with van der Waals surface area (Å²) in [5.74, 6) is -1.88. The van der Waals surface area contributed by atoms with Gasteiger partial charge in [-0.3, -0.25) is 0 Å². The van der Waals surface area contributed by atoms with E-state index in [0.29, 0.717) is 0 Å². The van der Waals surface area contributed by atoms with E-state index >= 15 is 0 Å². The molecule has 0 saturated heterocycles. The van der Waals surface area contributed by atoms with Crippen LogP contribution in [0.15, 0.2) is 0 Å². The molecule has 3 nitrogen and oxygen atoms in total. The van der Waals surface area contributed by atoms with Gasteiger partial charge in [0.15, 0.2) is 0 Å². The molecule has 0 saturated carbocycles. The van der Waals surface area contributed by atoms with Crippen LogP contribution < -0.4 is 10.8 Å². The molecule has 0 fully saturated rings. The molecule has 2 atom stereocenters. The zero-order chi connectivity index (χ0) is 9.23. The van der Waals surface area contributed by atoms with E-state index in [1.807, 2.05) is 0 Å².